The molecule has 2 rings (SSSR count). The van der Waals surface area contributed by atoms with E-state index in [9.17, 15) is 0 Å². The predicted octanol–water partition coefficient (Wildman–Crippen LogP) is 2.64. The van der Waals surface area contributed by atoms with Crippen LogP contribution < -0.4 is 5.32 Å². The fourth-order valence-corrected chi connectivity index (χ4v) is 1.65. The van der Waals surface area contributed by atoms with E-state index in [1.54, 1.807) is 12.1 Å². The highest BCUT2D eigenvalue weighted by atomic mass is 35.5. The molecule has 0 amide bonds. The Morgan fingerprint density at radius 1 is 1.38 bits per heavy atom. The van der Waals surface area contributed by atoms with Gasteiger partial charge in [0.15, 0.2) is 11.0 Å². The van der Waals surface area contributed by atoms with E-state index < -0.39 is 0 Å². The second kappa shape index (κ2) is 4.57. The van der Waals surface area contributed by atoms with Gasteiger partial charge in [-0.25, -0.2) is 0 Å². The van der Waals surface area contributed by atoms with Crippen LogP contribution in [0.5, 0.6) is 0 Å². The number of hydrogen-bond donors (Lipinski definition) is 1. The summed E-state index contributed by atoms with van der Waals surface area (Å²) in [6.07, 6.45) is 0. The van der Waals surface area contributed by atoms with E-state index >= 15 is 0 Å². The van der Waals surface area contributed by atoms with E-state index in [1.807, 2.05) is 18.4 Å². The minimum Gasteiger partial charge on any atom is -0.441 e. The third kappa shape index (κ3) is 1.90. The fraction of sp³-hybridized carbons (Fsp3) is 0.400. The van der Waals surface area contributed by atoms with Crippen LogP contribution in [0.25, 0.3) is 11.6 Å². The average molecular weight is 241 g/mol. The van der Waals surface area contributed by atoms with Gasteiger partial charge in [-0.05, 0) is 37.6 Å². The van der Waals surface area contributed by atoms with Crippen molar-refractivity contribution in [2.24, 2.45) is 0 Å². The summed E-state index contributed by atoms with van der Waals surface area (Å²) in [5.74, 6) is 2.06. The molecular weight excluding hydrogens is 228 g/mol. The molecule has 0 aliphatic carbocycles. The second-order valence-electron chi connectivity index (χ2n) is 3.23. The SMILES string of the molecule is CCNc1nnc(-c2ccc(Cl)o2)n1CC. The zero-order valence-corrected chi connectivity index (χ0v) is 9.95. The lowest BCUT2D eigenvalue weighted by Crippen LogP contribution is -2.06. The van der Waals surface area contributed by atoms with Crippen LogP contribution in [0, 0.1) is 0 Å². The first-order chi connectivity index (χ1) is 7.76. The number of halogens is 1. The van der Waals surface area contributed by atoms with E-state index in [4.69, 9.17) is 16.0 Å². The maximum absolute atomic E-state index is 5.73. The molecule has 0 saturated carbocycles. The third-order valence-corrected chi connectivity index (χ3v) is 2.40. The van der Waals surface area contributed by atoms with Crippen molar-refractivity contribution in [3.8, 4) is 11.6 Å². The maximum atomic E-state index is 5.73. The van der Waals surface area contributed by atoms with Gasteiger partial charge in [0, 0.05) is 13.1 Å². The lowest BCUT2D eigenvalue weighted by Gasteiger charge is -2.05. The molecule has 0 aliphatic heterocycles. The van der Waals surface area contributed by atoms with Gasteiger partial charge in [-0.15, -0.1) is 10.2 Å². The monoisotopic (exact) mass is 240 g/mol. The molecule has 2 heterocycles. The van der Waals surface area contributed by atoms with E-state index in [0.29, 0.717) is 16.8 Å². The molecule has 0 fully saturated rings. The molecule has 1 N–H and O–H groups in total. The Balaban J connectivity index is 2.41. The van der Waals surface area contributed by atoms with Crippen LogP contribution in [0.2, 0.25) is 5.22 Å². The molecule has 0 aliphatic rings. The molecular formula is C10H13ClN4O. The standard InChI is InChI=1S/C10H13ClN4O/c1-3-12-10-14-13-9(15(10)4-2)7-5-6-8(11)16-7/h5-6H,3-4H2,1-2H3,(H,12,14). The number of furan rings is 1. The van der Waals surface area contributed by atoms with Crippen LogP contribution in [0.4, 0.5) is 5.95 Å². The highest BCUT2D eigenvalue weighted by Gasteiger charge is 2.14. The Morgan fingerprint density at radius 2 is 2.19 bits per heavy atom. The number of hydrogen-bond acceptors (Lipinski definition) is 4. The van der Waals surface area contributed by atoms with E-state index in [-0.39, 0.29) is 0 Å². The molecule has 0 spiro atoms. The molecule has 2 aromatic heterocycles. The average Bonchev–Trinajstić information content (AvgIpc) is 2.85. The van der Waals surface area contributed by atoms with Crippen molar-refractivity contribution in [1.82, 2.24) is 14.8 Å². The van der Waals surface area contributed by atoms with Crippen molar-refractivity contribution in [2.75, 3.05) is 11.9 Å². The zero-order chi connectivity index (χ0) is 11.5. The first-order valence-corrected chi connectivity index (χ1v) is 5.56. The molecule has 5 nitrogen and oxygen atoms in total. The number of rotatable bonds is 4. The van der Waals surface area contributed by atoms with Gasteiger partial charge in [0.25, 0.3) is 0 Å². The number of nitrogens with zero attached hydrogens (tertiary/aromatic N) is 3. The summed E-state index contributed by atoms with van der Waals surface area (Å²) >= 11 is 5.73. The summed E-state index contributed by atoms with van der Waals surface area (Å²) in [5.41, 5.74) is 0. The summed E-state index contributed by atoms with van der Waals surface area (Å²) in [7, 11) is 0. The quantitative estimate of drug-likeness (QED) is 0.893. The molecule has 0 atom stereocenters. The van der Waals surface area contributed by atoms with E-state index in [1.165, 1.54) is 0 Å². The van der Waals surface area contributed by atoms with Crippen molar-refractivity contribution in [1.29, 1.82) is 0 Å². The molecule has 0 radical (unpaired) electrons. The largest absolute Gasteiger partial charge is 0.441 e. The molecule has 0 unspecified atom stereocenters. The summed E-state index contributed by atoms with van der Waals surface area (Å²) < 4.78 is 7.26. The summed E-state index contributed by atoms with van der Waals surface area (Å²) in [6.45, 7) is 5.61. The van der Waals surface area contributed by atoms with E-state index in [2.05, 4.69) is 15.5 Å². The summed E-state index contributed by atoms with van der Waals surface area (Å²) in [5, 5.41) is 11.6. The minimum atomic E-state index is 0.352. The van der Waals surface area contributed by atoms with Gasteiger partial charge in [-0.2, -0.15) is 0 Å². The van der Waals surface area contributed by atoms with Crippen LogP contribution in [0.3, 0.4) is 0 Å². The Hall–Kier alpha value is -1.49. The summed E-state index contributed by atoms with van der Waals surface area (Å²) in [4.78, 5) is 0. The highest BCUT2D eigenvalue weighted by Crippen LogP contribution is 2.24. The smallest absolute Gasteiger partial charge is 0.224 e. The molecule has 16 heavy (non-hydrogen) atoms. The first-order valence-electron chi connectivity index (χ1n) is 5.19. The van der Waals surface area contributed by atoms with Crippen LogP contribution in [0.1, 0.15) is 13.8 Å². The summed E-state index contributed by atoms with van der Waals surface area (Å²) in [6, 6.07) is 3.48. The zero-order valence-electron chi connectivity index (χ0n) is 9.20. The number of aromatic nitrogens is 3. The predicted molar refractivity (Wildman–Crippen MR) is 62.6 cm³/mol. The molecule has 0 saturated heterocycles. The number of nitrogens with one attached hydrogen (secondary N) is 1. The van der Waals surface area contributed by atoms with Crippen molar-refractivity contribution in [3.05, 3.63) is 17.4 Å². The fourth-order valence-electron chi connectivity index (χ4n) is 1.51. The van der Waals surface area contributed by atoms with Crippen LogP contribution >= 0.6 is 11.6 Å². The Labute approximate surface area is 98.4 Å². The van der Waals surface area contributed by atoms with Gasteiger partial charge in [-0.1, -0.05) is 0 Å². The highest BCUT2D eigenvalue weighted by molar-refractivity contribution is 6.28. The van der Waals surface area contributed by atoms with Crippen molar-refractivity contribution >= 4 is 17.5 Å². The second-order valence-corrected chi connectivity index (χ2v) is 3.60. The number of anilines is 1. The van der Waals surface area contributed by atoms with Gasteiger partial charge in [0.05, 0.1) is 0 Å². The van der Waals surface area contributed by atoms with Gasteiger partial charge in [0.2, 0.25) is 11.8 Å². The Bertz CT molecular complexity index is 477. The van der Waals surface area contributed by atoms with Crippen LogP contribution in [-0.2, 0) is 6.54 Å². The van der Waals surface area contributed by atoms with Crippen LogP contribution in [-0.4, -0.2) is 21.3 Å². The maximum Gasteiger partial charge on any atom is 0.224 e. The molecule has 86 valence electrons. The molecule has 0 aromatic carbocycles. The molecule has 6 heteroatoms. The lowest BCUT2D eigenvalue weighted by atomic mass is 10.4. The van der Waals surface area contributed by atoms with Gasteiger partial charge in [0.1, 0.15) is 0 Å². The molecule has 0 bridgehead atoms. The van der Waals surface area contributed by atoms with E-state index in [0.717, 1.165) is 19.0 Å². The Kier molecular flexibility index (Phi) is 3.14. The van der Waals surface area contributed by atoms with Crippen molar-refractivity contribution in [2.45, 2.75) is 20.4 Å². The van der Waals surface area contributed by atoms with Gasteiger partial charge >= 0.3 is 0 Å². The normalized spacial score (nSPS) is 10.7. The molecule has 2 aromatic rings. The van der Waals surface area contributed by atoms with Crippen molar-refractivity contribution < 1.29 is 4.42 Å². The topological polar surface area (TPSA) is 55.9 Å². The minimum absolute atomic E-state index is 0.352. The Morgan fingerprint density at radius 3 is 2.75 bits per heavy atom. The van der Waals surface area contributed by atoms with Crippen molar-refractivity contribution in [3.63, 3.8) is 0 Å². The third-order valence-electron chi connectivity index (χ3n) is 2.20. The first kappa shape index (κ1) is 11.0. The van der Waals surface area contributed by atoms with Gasteiger partial charge in [-0.3, -0.25) is 4.57 Å². The lowest BCUT2D eigenvalue weighted by molar-refractivity contribution is 0.572. The van der Waals surface area contributed by atoms with Gasteiger partial charge < -0.3 is 9.73 Å². The van der Waals surface area contributed by atoms with Crippen LogP contribution in [0.15, 0.2) is 16.5 Å².